The Labute approximate surface area is 163 Å². The van der Waals surface area contributed by atoms with E-state index < -0.39 is 0 Å². The molecule has 1 aliphatic rings. The van der Waals surface area contributed by atoms with Gasteiger partial charge in [-0.25, -0.2) is 4.39 Å². The maximum atomic E-state index is 13.4. The van der Waals surface area contributed by atoms with Gasteiger partial charge in [0.1, 0.15) is 5.82 Å². The van der Waals surface area contributed by atoms with Crippen molar-refractivity contribution < 1.29 is 14.0 Å². The largest absolute Gasteiger partial charge is 0.333 e. The first-order valence-electron chi connectivity index (χ1n) is 9.23. The van der Waals surface area contributed by atoms with E-state index in [4.69, 9.17) is 0 Å². The van der Waals surface area contributed by atoms with Gasteiger partial charge in [-0.3, -0.25) is 9.59 Å². The van der Waals surface area contributed by atoms with Crippen LogP contribution in [0.25, 0.3) is 0 Å². The number of nitrogens with zero attached hydrogens (tertiary/aromatic N) is 2. The van der Waals surface area contributed by atoms with Crippen LogP contribution < -0.4 is 0 Å². The Morgan fingerprint density at radius 3 is 2.59 bits per heavy atom. The summed E-state index contributed by atoms with van der Waals surface area (Å²) in [5, 5.41) is 2.04. The number of fused-ring (bicyclic) bond motifs is 1. The van der Waals surface area contributed by atoms with E-state index in [2.05, 4.69) is 0 Å². The highest BCUT2D eigenvalue weighted by Gasteiger charge is 2.33. The van der Waals surface area contributed by atoms with Gasteiger partial charge in [-0.1, -0.05) is 26.0 Å². The second-order valence-electron chi connectivity index (χ2n) is 7.38. The van der Waals surface area contributed by atoms with Crippen molar-refractivity contribution >= 4 is 23.2 Å². The molecule has 0 N–H and O–H groups in total. The van der Waals surface area contributed by atoms with E-state index in [1.165, 1.54) is 23.9 Å². The molecule has 0 saturated heterocycles. The Morgan fingerprint density at radius 2 is 1.96 bits per heavy atom. The topological polar surface area (TPSA) is 40.6 Å². The van der Waals surface area contributed by atoms with Crippen molar-refractivity contribution in [3.05, 3.63) is 57.5 Å². The van der Waals surface area contributed by atoms with E-state index in [-0.39, 0.29) is 30.2 Å². The molecule has 1 atom stereocenters. The first-order chi connectivity index (χ1) is 12.9. The van der Waals surface area contributed by atoms with Crippen LogP contribution in [0.4, 0.5) is 4.39 Å². The molecule has 2 aromatic rings. The Morgan fingerprint density at radius 1 is 1.26 bits per heavy atom. The zero-order valence-electron chi connectivity index (χ0n) is 15.9. The van der Waals surface area contributed by atoms with E-state index >= 15 is 0 Å². The Kier molecular flexibility index (Phi) is 5.95. The average Bonchev–Trinajstić information content (AvgIpc) is 3.09. The van der Waals surface area contributed by atoms with Gasteiger partial charge in [0.15, 0.2) is 0 Å². The van der Waals surface area contributed by atoms with E-state index in [9.17, 15) is 14.0 Å². The van der Waals surface area contributed by atoms with E-state index in [0.29, 0.717) is 19.0 Å². The number of benzene rings is 1. The van der Waals surface area contributed by atoms with Crippen LogP contribution in [0.3, 0.4) is 0 Å². The lowest BCUT2D eigenvalue weighted by molar-refractivity contribution is -0.141. The van der Waals surface area contributed by atoms with Crippen molar-refractivity contribution in [2.75, 3.05) is 19.6 Å². The lowest BCUT2D eigenvalue weighted by Crippen LogP contribution is -2.47. The van der Waals surface area contributed by atoms with Crippen molar-refractivity contribution in [2.45, 2.75) is 33.2 Å². The molecule has 3 rings (SSSR count). The third-order valence-corrected chi connectivity index (χ3v) is 5.83. The quantitative estimate of drug-likeness (QED) is 0.780. The van der Waals surface area contributed by atoms with Gasteiger partial charge in [-0.2, -0.15) is 0 Å². The summed E-state index contributed by atoms with van der Waals surface area (Å²) < 4.78 is 13.4. The van der Waals surface area contributed by atoms with Crippen molar-refractivity contribution in [2.24, 2.45) is 5.92 Å². The molecule has 1 aromatic carbocycles. The number of halogens is 1. The number of amides is 2. The summed E-state index contributed by atoms with van der Waals surface area (Å²) in [6, 6.07) is 8.15. The van der Waals surface area contributed by atoms with Crippen LogP contribution in [0, 0.1) is 11.7 Å². The zero-order chi connectivity index (χ0) is 19.6. The summed E-state index contributed by atoms with van der Waals surface area (Å²) in [6.45, 7) is 6.78. The fraction of sp³-hybridized carbons (Fsp3) is 0.429. The van der Waals surface area contributed by atoms with Crippen LogP contribution in [-0.2, 0) is 16.0 Å². The molecule has 1 aromatic heterocycles. The van der Waals surface area contributed by atoms with Crippen molar-refractivity contribution in [1.29, 1.82) is 0 Å². The molecule has 0 saturated carbocycles. The predicted molar refractivity (Wildman–Crippen MR) is 105 cm³/mol. The van der Waals surface area contributed by atoms with Crippen LogP contribution in [-0.4, -0.2) is 41.2 Å². The van der Waals surface area contributed by atoms with Crippen LogP contribution in [0.2, 0.25) is 0 Å². The lowest BCUT2D eigenvalue weighted by atomic mass is 9.93. The van der Waals surface area contributed by atoms with Crippen molar-refractivity contribution in [3.63, 3.8) is 0 Å². The van der Waals surface area contributed by atoms with E-state index in [0.717, 1.165) is 17.5 Å². The molecule has 6 heteroatoms. The van der Waals surface area contributed by atoms with Crippen LogP contribution in [0.5, 0.6) is 0 Å². The minimum absolute atomic E-state index is 0.0722. The molecule has 0 fully saturated rings. The fourth-order valence-electron chi connectivity index (χ4n) is 3.59. The summed E-state index contributed by atoms with van der Waals surface area (Å²) in [7, 11) is 0. The van der Waals surface area contributed by atoms with Crippen LogP contribution >= 0.6 is 11.3 Å². The number of carbonyl (C=O) groups is 2. The Hall–Kier alpha value is -2.21. The van der Waals surface area contributed by atoms with E-state index in [1.54, 1.807) is 28.4 Å². The predicted octanol–water partition coefficient (Wildman–Crippen LogP) is 3.87. The summed E-state index contributed by atoms with van der Waals surface area (Å²) >= 11 is 1.69. The third-order valence-electron chi connectivity index (χ3n) is 4.83. The molecule has 0 unspecified atom stereocenters. The maximum Gasteiger partial charge on any atom is 0.242 e. The lowest BCUT2D eigenvalue weighted by Gasteiger charge is -2.37. The van der Waals surface area contributed by atoms with Crippen molar-refractivity contribution in [3.8, 4) is 0 Å². The molecule has 27 heavy (non-hydrogen) atoms. The Balaban J connectivity index is 1.89. The number of thiophene rings is 1. The fourth-order valence-corrected chi connectivity index (χ4v) is 4.49. The second-order valence-corrected chi connectivity index (χ2v) is 8.38. The highest BCUT2D eigenvalue weighted by molar-refractivity contribution is 7.10. The summed E-state index contributed by atoms with van der Waals surface area (Å²) in [5.74, 6) is -0.169. The van der Waals surface area contributed by atoms with Gasteiger partial charge in [0.25, 0.3) is 0 Å². The summed E-state index contributed by atoms with van der Waals surface area (Å²) in [5.41, 5.74) is 1.99. The van der Waals surface area contributed by atoms with Gasteiger partial charge in [-0.15, -0.1) is 11.3 Å². The molecule has 1 aliphatic heterocycles. The number of rotatable bonds is 5. The smallest absolute Gasteiger partial charge is 0.242 e. The maximum absolute atomic E-state index is 13.4. The highest BCUT2D eigenvalue weighted by Crippen LogP contribution is 2.37. The number of hydrogen-bond acceptors (Lipinski definition) is 3. The molecular weight excluding hydrogens is 363 g/mol. The van der Waals surface area contributed by atoms with Gasteiger partial charge in [0.05, 0.1) is 12.6 Å². The Bertz CT molecular complexity index is 816. The highest BCUT2D eigenvalue weighted by atomic mass is 32.1. The van der Waals surface area contributed by atoms with Gasteiger partial charge in [0.2, 0.25) is 11.8 Å². The molecule has 0 bridgehead atoms. The molecule has 0 spiro atoms. The SMILES string of the molecule is CC(=O)N(CC(=O)N1CCc2sccc2[C@@H]1c1ccc(F)cc1)CC(C)C. The van der Waals surface area contributed by atoms with Gasteiger partial charge in [-0.05, 0) is 47.0 Å². The molecular formula is C21H25FN2O2S. The molecule has 2 amide bonds. The molecule has 2 heterocycles. The summed E-state index contributed by atoms with van der Waals surface area (Å²) in [6.07, 6.45) is 0.806. The normalized spacial score (nSPS) is 16.3. The first kappa shape index (κ1) is 19.5. The molecule has 144 valence electrons. The van der Waals surface area contributed by atoms with Gasteiger partial charge >= 0.3 is 0 Å². The summed E-state index contributed by atoms with van der Waals surface area (Å²) in [4.78, 5) is 29.8. The molecule has 0 radical (unpaired) electrons. The first-order valence-corrected chi connectivity index (χ1v) is 10.1. The van der Waals surface area contributed by atoms with Crippen molar-refractivity contribution in [1.82, 2.24) is 9.80 Å². The monoisotopic (exact) mass is 388 g/mol. The zero-order valence-corrected chi connectivity index (χ0v) is 16.8. The van der Waals surface area contributed by atoms with Gasteiger partial charge in [0, 0.05) is 24.9 Å². The minimum atomic E-state index is -0.294. The minimum Gasteiger partial charge on any atom is -0.333 e. The second kappa shape index (κ2) is 8.21. The number of hydrogen-bond donors (Lipinski definition) is 0. The number of carbonyl (C=O) groups excluding carboxylic acids is 2. The third kappa shape index (κ3) is 4.38. The average molecular weight is 389 g/mol. The standard InChI is InChI=1S/C21H25FN2O2S/c1-14(2)12-23(15(3)25)13-20(26)24-10-8-19-18(9-11-27-19)21(24)16-4-6-17(22)7-5-16/h4-7,9,11,14,21H,8,10,12-13H2,1-3H3/t21-/m0/s1. The van der Waals surface area contributed by atoms with Crippen LogP contribution in [0.15, 0.2) is 35.7 Å². The molecule has 4 nitrogen and oxygen atoms in total. The van der Waals surface area contributed by atoms with Gasteiger partial charge < -0.3 is 9.80 Å². The molecule has 0 aliphatic carbocycles. The van der Waals surface area contributed by atoms with E-state index in [1.807, 2.05) is 30.2 Å². The van der Waals surface area contributed by atoms with Crippen LogP contribution in [0.1, 0.15) is 42.8 Å².